The van der Waals surface area contributed by atoms with Gasteiger partial charge in [0.1, 0.15) is 12.2 Å². The van der Waals surface area contributed by atoms with E-state index < -0.39 is 0 Å². The van der Waals surface area contributed by atoms with E-state index in [4.69, 9.17) is 28.4 Å². The standard InChI is InChI=1S/C21H22O6/c1-22-16-8-6-15(11-18(16)23-2)21(20-12-25-20)24-9-3-4-14-5-7-17-19(10-14)27-13-26-17/h3-8,10-11,20-21H,9,12-13H2,1-2H3/b4-3+. The highest BCUT2D eigenvalue weighted by Crippen LogP contribution is 2.36. The predicted octanol–water partition coefficient (Wildman–Crippen LogP) is 3.60. The predicted molar refractivity (Wildman–Crippen MR) is 99.6 cm³/mol. The molecule has 6 nitrogen and oxygen atoms in total. The Labute approximate surface area is 158 Å². The molecule has 0 aliphatic carbocycles. The molecule has 0 aromatic heterocycles. The zero-order valence-electron chi connectivity index (χ0n) is 15.3. The van der Waals surface area contributed by atoms with E-state index >= 15 is 0 Å². The molecule has 2 heterocycles. The SMILES string of the molecule is COc1ccc(C(OC/C=C/c2ccc3c(c2)OCO3)C2CO2)cc1OC. The van der Waals surface area contributed by atoms with Crippen LogP contribution in [-0.4, -0.2) is 40.3 Å². The molecular weight excluding hydrogens is 348 g/mol. The summed E-state index contributed by atoms with van der Waals surface area (Å²) in [6.07, 6.45) is 3.91. The van der Waals surface area contributed by atoms with Crippen molar-refractivity contribution in [2.75, 3.05) is 34.2 Å². The maximum absolute atomic E-state index is 6.08. The topological polar surface area (TPSA) is 58.7 Å². The van der Waals surface area contributed by atoms with Gasteiger partial charge in [0.15, 0.2) is 23.0 Å². The van der Waals surface area contributed by atoms with Crippen molar-refractivity contribution in [3.05, 3.63) is 53.6 Å². The Balaban J connectivity index is 1.41. The molecule has 4 rings (SSSR count). The van der Waals surface area contributed by atoms with Crippen LogP contribution in [0.2, 0.25) is 0 Å². The van der Waals surface area contributed by atoms with E-state index in [2.05, 4.69) is 0 Å². The zero-order valence-corrected chi connectivity index (χ0v) is 15.3. The van der Waals surface area contributed by atoms with Crippen molar-refractivity contribution in [1.82, 2.24) is 0 Å². The van der Waals surface area contributed by atoms with Crippen molar-refractivity contribution < 1.29 is 28.4 Å². The minimum Gasteiger partial charge on any atom is -0.493 e. The lowest BCUT2D eigenvalue weighted by molar-refractivity contribution is 0.0510. The molecule has 0 bridgehead atoms. The molecule has 2 aromatic carbocycles. The Hall–Kier alpha value is -2.70. The fraction of sp³-hybridized carbons (Fsp3) is 0.333. The van der Waals surface area contributed by atoms with Gasteiger partial charge in [0.2, 0.25) is 6.79 Å². The maximum atomic E-state index is 6.08. The summed E-state index contributed by atoms with van der Waals surface area (Å²) in [5.74, 6) is 2.93. The van der Waals surface area contributed by atoms with Gasteiger partial charge in [-0.3, -0.25) is 0 Å². The van der Waals surface area contributed by atoms with E-state index in [1.807, 2.05) is 48.6 Å². The van der Waals surface area contributed by atoms with Crippen LogP contribution in [0, 0.1) is 0 Å². The summed E-state index contributed by atoms with van der Waals surface area (Å²) in [5, 5.41) is 0. The lowest BCUT2D eigenvalue weighted by atomic mass is 10.1. The fourth-order valence-electron chi connectivity index (χ4n) is 3.04. The van der Waals surface area contributed by atoms with E-state index in [1.54, 1.807) is 14.2 Å². The number of methoxy groups -OCH3 is 2. The molecule has 2 atom stereocenters. The van der Waals surface area contributed by atoms with Crippen molar-refractivity contribution >= 4 is 6.08 Å². The minimum absolute atomic E-state index is 0.0713. The van der Waals surface area contributed by atoms with Crippen molar-refractivity contribution in [2.24, 2.45) is 0 Å². The first-order valence-electron chi connectivity index (χ1n) is 8.80. The first kappa shape index (κ1) is 17.7. The molecule has 0 radical (unpaired) electrons. The number of ether oxygens (including phenoxy) is 6. The molecule has 0 N–H and O–H groups in total. The average Bonchev–Trinajstić information content (AvgIpc) is 3.43. The number of benzene rings is 2. The van der Waals surface area contributed by atoms with E-state index in [-0.39, 0.29) is 19.0 Å². The van der Waals surface area contributed by atoms with Crippen molar-refractivity contribution in [2.45, 2.75) is 12.2 Å². The Morgan fingerprint density at radius 2 is 1.85 bits per heavy atom. The molecule has 142 valence electrons. The largest absolute Gasteiger partial charge is 0.493 e. The molecule has 27 heavy (non-hydrogen) atoms. The second-order valence-electron chi connectivity index (χ2n) is 6.26. The third kappa shape index (κ3) is 4.02. The lowest BCUT2D eigenvalue weighted by Crippen LogP contribution is -2.11. The van der Waals surface area contributed by atoms with Crippen molar-refractivity contribution in [3.63, 3.8) is 0 Å². The normalized spacial score (nSPS) is 18.5. The van der Waals surface area contributed by atoms with E-state index in [0.29, 0.717) is 24.7 Å². The van der Waals surface area contributed by atoms with Crippen LogP contribution in [0.15, 0.2) is 42.5 Å². The van der Waals surface area contributed by atoms with Crippen LogP contribution >= 0.6 is 0 Å². The smallest absolute Gasteiger partial charge is 0.231 e. The van der Waals surface area contributed by atoms with Crippen molar-refractivity contribution in [3.8, 4) is 23.0 Å². The number of hydrogen-bond donors (Lipinski definition) is 0. The van der Waals surface area contributed by atoms with Gasteiger partial charge >= 0.3 is 0 Å². The third-order valence-corrected chi connectivity index (χ3v) is 4.51. The number of fused-ring (bicyclic) bond motifs is 1. The molecule has 0 spiro atoms. The average molecular weight is 370 g/mol. The Bertz CT molecular complexity index is 827. The zero-order chi connectivity index (χ0) is 18.6. The summed E-state index contributed by atoms with van der Waals surface area (Å²) in [6, 6.07) is 11.7. The van der Waals surface area contributed by atoms with Crippen LogP contribution in [0.4, 0.5) is 0 Å². The van der Waals surface area contributed by atoms with Crippen LogP contribution in [0.25, 0.3) is 6.08 Å². The lowest BCUT2D eigenvalue weighted by Gasteiger charge is -2.17. The summed E-state index contributed by atoms with van der Waals surface area (Å²) >= 11 is 0. The summed E-state index contributed by atoms with van der Waals surface area (Å²) in [4.78, 5) is 0. The molecular formula is C21H22O6. The quantitative estimate of drug-likeness (QED) is 0.662. The minimum atomic E-state index is -0.147. The molecule has 0 saturated carbocycles. The highest BCUT2D eigenvalue weighted by atomic mass is 16.7. The van der Waals surface area contributed by atoms with Gasteiger partial charge in [-0.05, 0) is 35.4 Å². The summed E-state index contributed by atoms with van der Waals surface area (Å²) in [5.41, 5.74) is 2.04. The Morgan fingerprint density at radius 1 is 1.04 bits per heavy atom. The number of rotatable bonds is 8. The van der Waals surface area contributed by atoms with E-state index in [1.165, 1.54) is 0 Å². The molecule has 2 aliphatic heterocycles. The first-order chi connectivity index (χ1) is 13.3. The molecule has 0 amide bonds. The molecule has 2 aromatic rings. The Kier molecular flexibility index (Phi) is 5.18. The van der Waals surface area contributed by atoms with E-state index in [0.717, 1.165) is 22.6 Å². The molecule has 2 aliphatic rings. The summed E-state index contributed by atoms with van der Waals surface area (Å²) < 4.78 is 33.0. The van der Waals surface area contributed by atoms with E-state index in [9.17, 15) is 0 Å². The van der Waals surface area contributed by atoms with Gasteiger partial charge in [0, 0.05) is 0 Å². The van der Waals surface area contributed by atoms with Gasteiger partial charge in [-0.25, -0.2) is 0 Å². The number of epoxide rings is 1. The molecule has 1 saturated heterocycles. The van der Waals surface area contributed by atoms with Gasteiger partial charge in [-0.15, -0.1) is 0 Å². The van der Waals surface area contributed by atoms with Gasteiger partial charge in [0.05, 0.1) is 27.4 Å². The van der Waals surface area contributed by atoms with Gasteiger partial charge in [-0.1, -0.05) is 24.3 Å². The molecule has 1 fully saturated rings. The number of hydrogen-bond acceptors (Lipinski definition) is 6. The summed E-state index contributed by atoms with van der Waals surface area (Å²) in [6.45, 7) is 1.44. The van der Waals surface area contributed by atoms with Gasteiger partial charge in [0.25, 0.3) is 0 Å². The molecule has 2 unspecified atom stereocenters. The highest BCUT2D eigenvalue weighted by molar-refractivity contribution is 5.56. The van der Waals surface area contributed by atoms with Crippen LogP contribution in [0.1, 0.15) is 17.2 Å². The van der Waals surface area contributed by atoms with Crippen LogP contribution in [-0.2, 0) is 9.47 Å². The summed E-state index contributed by atoms with van der Waals surface area (Å²) in [7, 11) is 3.25. The highest BCUT2D eigenvalue weighted by Gasteiger charge is 2.35. The monoisotopic (exact) mass is 370 g/mol. The van der Waals surface area contributed by atoms with Crippen LogP contribution in [0.5, 0.6) is 23.0 Å². The molecule has 6 heteroatoms. The third-order valence-electron chi connectivity index (χ3n) is 4.51. The van der Waals surface area contributed by atoms with Crippen LogP contribution in [0.3, 0.4) is 0 Å². The van der Waals surface area contributed by atoms with Crippen molar-refractivity contribution in [1.29, 1.82) is 0 Å². The second-order valence-corrected chi connectivity index (χ2v) is 6.26. The second kappa shape index (κ2) is 7.90. The van der Waals surface area contributed by atoms with Crippen LogP contribution < -0.4 is 18.9 Å². The fourth-order valence-corrected chi connectivity index (χ4v) is 3.04. The first-order valence-corrected chi connectivity index (χ1v) is 8.80. The van der Waals surface area contributed by atoms with Gasteiger partial charge in [-0.2, -0.15) is 0 Å². The Morgan fingerprint density at radius 3 is 2.63 bits per heavy atom. The van der Waals surface area contributed by atoms with Gasteiger partial charge < -0.3 is 28.4 Å². The maximum Gasteiger partial charge on any atom is 0.231 e.